The van der Waals surface area contributed by atoms with Crippen molar-refractivity contribution in [2.75, 3.05) is 19.8 Å². The van der Waals surface area contributed by atoms with Crippen molar-refractivity contribution in [3.63, 3.8) is 0 Å². The summed E-state index contributed by atoms with van der Waals surface area (Å²) in [6.45, 7) is 1.83. The third-order valence-electron chi connectivity index (χ3n) is 1.99. The Balaban J connectivity index is 1.91. The van der Waals surface area contributed by atoms with Gasteiger partial charge in [0.2, 0.25) is 0 Å². The molecule has 0 unspecified atom stereocenters. The second kappa shape index (κ2) is 5.94. The number of carbonyl (C=O) groups excluding carboxylic acids is 1. The zero-order valence-corrected chi connectivity index (χ0v) is 7.83. The number of hydrogen-bond acceptors (Lipinski definition) is 4. The Morgan fingerprint density at radius 3 is 2.69 bits per heavy atom. The molecule has 1 rings (SSSR count). The summed E-state index contributed by atoms with van der Waals surface area (Å²) in [5, 5.41) is 0. The van der Waals surface area contributed by atoms with Crippen LogP contribution in [0.3, 0.4) is 0 Å². The van der Waals surface area contributed by atoms with Gasteiger partial charge in [-0.15, -0.1) is 0 Å². The van der Waals surface area contributed by atoms with Crippen molar-refractivity contribution in [3.8, 4) is 0 Å². The molecule has 0 aromatic heterocycles. The summed E-state index contributed by atoms with van der Waals surface area (Å²) in [6, 6.07) is 0. The minimum absolute atomic E-state index is 0.0157. The second-order valence-electron chi connectivity index (χ2n) is 3.25. The van der Waals surface area contributed by atoms with Crippen LogP contribution >= 0.6 is 0 Å². The number of hydrogen-bond donors (Lipinski definition) is 1. The van der Waals surface area contributed by atoms with Gasteiger partial charge in [0.15, 0.2) is 0 Å². The summed E-state index contributed by atoms with van der Waals surface area (Å²) < 4.78 is 9.96. The van der Waals surface area contributed by atoms with Crippen molar-refractivity contribution >= 4 is 5.97 Å². The third kappa shape index (κ3) is 4.24. The fraction of sp³-hybridized carbons (Fsp3) is 0.889. The quantitative estimate of drug-likeness (QED) is 0.484. The van der Waals surface area contributed by atoms with Crippen molar-refractivity contribution in [3.05, 3.63) is 0 Å². The normalized spacial score (nSPS) is 16.7. The average molecular weight is 187 g/mol. The molecule has 1 saturated heterocycles. The van der Waals surface area contributed by atoms with Gasteiger partial charge >= 0.3 is 5.97 Å². The van der Waals surface area contributed by atoms with Gasteiger partial charge in [-0.1, -0.05) is 6.42 Å². The number of unbranched alkanes of at least 4 members (excludes halogenated alkanes) is 2. The van der Waals surface area contributed by atoms with Gasteiger partial charge in [-0.2, -0.15) is 0 Å². The van der Waals surface area contributed by atoms with Crippen molar-refractivity contribution in [2.45, 2.75) is 31.8 Å². The Kier molecular flexibility index (Phi) is 4.78. The summed E-state index contributed by atoms with van der Waals surface area (Å²) in [6.07, 6.45) is 3.40. The summed E-state index contributed by atoms with van der Waals surface area (Å²) in [5.41, 5.74) is 5.32. The molecule has 0 aliphatic carbocycles. The topological polar surface area (TPSA) is 61.6 Å². The zero-order valence-electron chi connectivity index (χ0n) is 7.83. The molecule has 0 bridgehead atoms. The van der Waals surface area contributed by atoms with E-state index >= 15 is 0 Å². The first-order chi connectivity index (χ1) is 6.33. The minimum Gasteiger partial charge on any atom is -0.457 e. The van der Waals surface area contributed by atoms with Crippen LogP contribution < -0.4 is 5.73 Å². The van der Waals surface area contributed by atoms with Crippen LogP contribution in [0, 0.1) is 0 Å². The van der Waals surface area contributed by atoms with E-state index in [1.807, 2.05) is 0 Å². The molecule has 0 atom stereocenters. The van der Waals surface area contributed by atoms with Crippen LogP contribution in [0.25, 0.3) is 0 Å². The van der Waals surface area contributed by atoms with Gasteiger partial charge in [-0.3, -0.25) is 4.79 Å². The highest BCUT2D eigenvalue weighted by Gasteiger charge is 2.21. The van der Waals surface area contributed by atoms with Crippen LogP contribution in [0.1, 0.15) is 25.7 Å². The summed E-state index contributed by atoms with van der Waals surface area (Å²) in [7, 11) is 0. The number of carbonyl (C=O) groups is 1. The van der Waals surface area contributed by atoms with E-state index in [4.69, 9.17) is 15.2 Å². The van der Waals surface area contributed by atoms with Crippen molar-refractivity contribution in [1.82, 2.24) is 0 Å². The maximum atomic E-state index is 11.1. The molecule has 0 aromatic rings. The Hall–Kier alpha value is -0.610. The van der Waals surface area contributed by atoms with Crippen molar-refractivity contribution in [2.24, 2.45) is 5.73 Å². The van der Waals surface area contributed by atoms with Crippen molar-refractivity contribution in [1.29, 1.82) is 0 Å². The molecular weight excluding hydrogens is 170 g/mol. The molecule has 4 heteroatoms. The molecule has 1 heterocycles. The lowest BCUT2D eigenvalue weighted by atomic mass is 10.2. The first-order valence-electron chi connectivity index (χ1n) is 4.80. The average Bonchev–Trinajstić information content (AvgIpc) is 2.06. The van der Waals surface area contributed by atoms with Crippen LogP contribution in [0.2, 0.25) is 0 Å². The van der Waals surface area contributed by atoms with Crippen LogP contribution in [-0.4, -0.2) is 31.8 Å². The first kappa shape index (κ1) is 10.5. The van der Waals surface area contributed by atoms with Crippen LogP contribution in [0.5, 0.6) is 0 Å². The predicted molar refractivity (Wildman–Crippen MR) is 48.2 cm³/mol. The zero-order chi connectivity index (χ0) is 9.52. The van der Waals surface area contributed by atoms with E-state index in [0.717, 1.165) is 19.3 Å². The van der Waals surface area contributed by atoms with E-state index in [0.29, 0.717) is 26.2 Å². The Morgan fingerprint density at radius 1 is 1.38 bits per heavy atom. The lowest BCUT2D eigenvalue weighted by molar-refractivity contribution is -0.172. The number of nitrogens with two attached hydrogens (primary N) is 1. The molecule has 1 fully saturated rings. The number of esters is 1. The molecule has 4 nitrogen and oxygen atoms in total. The molecule has 1 aliphatic heterocycles. The van der Waals surface area contributed by atoms with Crippen LogP contribution in [0.4, 0.5) is 0 Å². The van der Waals surface area contributed by atoms with E-state index in [2.05, 4.69) is 0 Å². The third-order valence-corrected chi connectivity index (χ3v) is 1.99. The molecule has 0 saturated carbocycles. The Labute approximate surface area is 78.4 Å². The largest absolute Gasteiger partial charge is 0.457 e. The Morgan fingerprint density at radius 2 is 2.15 bits per heavy atom. The van der Waals surface area contributed by atoms with Gasteiger partial charge in [0.1, 0.15) is 6.10 Å². The van der Waals surface area contributed by atoms with Crippen LogP contribution in [-0.2, 0) is 14.3 Å². The predicted octanol–water partition coefficient (Wildman–Crippen LogP) is 0.448. The Bertz CT molecular complexity index is 157. The summed E-state index contributed by atoms with van der Waals surface area (Å²) in [5.74, 6) is -0.106. The highest BCUT2D eigenvalue weighted by molar-refractivity contribution is 5.69. The molecule has 0 aromatic carbocycles. The SMILES string of the molecule is NCCCCCC(=O)OC1COC1. The minimum atomic E-state index is -0.106. The lowest BCUT2D eigenvalue weighted by Gasteiger charge is -2.25. The molecular formula is C9H17NO3. The summed E-state index contributed by atoms with van der Waals surface area (Å²) in [4.78, 5) is 11.1. The standard InChI is InChI=1S/C9H17NO3/c10-5-3-1-2-4-9(11)13-8-6-12-7-8/h8H,1-7,10H2. The van der Waals surface area contributed by atoms with E-state index in [9.17, 15) is 4.79 Å². The van der Waals surface area contributed by atoms with Gasteiger partial charge in [-0.25, -0.2) is 0 Å². The summed E-state index contributed by atoms with van der Waals surface area (Å²) >= 11 is 0. The maximum Gasteiger partial charge on any atom is 0.306 e. The highest BCUT2D eigenvalue weighted by atomic mass is 16.6. The number of ether oxygens (including phenoxy) is 2. The molecule has 13 heavy (non-hydrogen) atoms. The van der Waals surface area contributed by atoms with Gasteiger partial charge in [-0.05, 0) is 19.4 Å². The maximum absolute atomic E-state index is 11.1. The molecule has 0 amide bonds. The van der Waals surface area contributed by atoms with Gasteiger partial charge < -0.3 is 15.2 Å². The molecule has 0 spiro atoms. The monoisotopic (exact) mass is 187 g/mol. The molecule has 0 radical (unpaired) electrons. The van der Waals surface area contributed by atoms with E-state index in [-0.39, 0.29) is 12.1 Å². The lowest BCUT2D eigenvalue weighted by Crippen LogP contribution is -2.37. The van der Waals surface area contributed by atoms with E-state index in [1.54, 1.807) is 0 Å². The fourth-order valence-corrected chi connectivity index (χ4v) is 1.12. The number of rotatable bonds is 6. The van der Waals surface area contributed by atoms with Crippen molar-refractivity contribution < 1.29 is 14.3 Å². The second-order valence-corrected chi connectivity index (χ2v) is 3.25. The van der Waals surface area contributed by atoms with E-state index < -0.39 is 0 Å². The van der Waals surface area contributed by atoms with Gasteiger partial charge in [0.25, 0.3) is 0 Å². The van der Waals surface area contributed by atoms with Gasteiger partial charge in [0, 0.05) is 6.42 Å². The molecule has 1 aliphatic rings. The molecule has 2 N–H and O–H groups in total. The van der Waals surface area contributed by atoms with E-state index in [1.165, 1.54) is 0 Å². The van der Waals surface area contributed by atoms with Gasteiger partial charge in [0.05, 0.1) is 13.2 Å². The molecule has 76 valence electrons. The first-order valence-corrected chi connectivity index (χ1v) is 4.80. The highest BCUT2D eigenvalue weighted by Crippen LogP contribution is 2.08. The van der Waals surface area contributed by atoms with Crippen LogP contribution in [0.15, 0.2) is 0 Å². The fourth-order valence-electron chi connectivity index (χ4n) is 1.12. The smallest absolute Gasteiger partial charge is 0.306 e.